The van der Waals surface area contributed by atoms with E-state index in [9.17, 15) is 4.79 Å². The third kappa shape index (κ3) is 2.95. The molecular weight excluding hydrogens is 264 g/mol. The van der Waals surface area contributed by atoms with Gasteiger partial charge in [0.2, 0.25) is 5.91 Å². The second-order valence-corrected chi connectivity index (χ2v) is 5.90. The molecule has 1 amide bonds. The minimum Gasteiger partial charge on any atom is -0.464 e. The molecule has 3 rings (SSSR count). The van der Waals surface area contributed by atoms with Crippen molar-refractivity contribution in [2.45, 2.75) is 38.6 Å². The Morgan fingerprint density at radius 1 is 1.33 bits per heavy atom. The maximum absolute atomic E-state index is 12.0. The first-order valence-electron chi connectivity index (χ1n) is 7.63. The van der Waals surface area contributed by atoms with Crippen LogP contribution in [0.4, 0.5) is 0 Å². The van der Waals surface area contributed by atoms with Crippen molar-refractivity contribution < 1.29 is 9.21 Å². The van der Waals surface area contributed by atoms with Gasteiger partial charge in [0, 0.05) is 23.5 Å². The van der Waals surface area contributed by atoms with E-state index >= 15 is 0 Å². The van der Waals surface area contributed by atoms with E-state index < -0.39 is 0 Å². The number of carbonyl (C=O) groups excluding carboxylic acids is 1. The van der Waals surface area contributed by atoms with Crippen LogP contribution < -0.4 is 10.6 Å². The Morgan fingerprint density at radius 2 is 2.10 bits per heavy atom. The maximum Gasteiger partial charge on any atom is 0.224 e. The molecule has 0 fully saturated rings. The molecule has 112 valence electrons. The SMILES string of the molecule is CNC(C)CNC(=O)Cc1coc2cc3c(cc12)CCC3. The minimum atomic E-state index is 0.0419. The van der Waals surface area contributed by atoms with Gasteiger partial charge in [0.05, 0.1) is 12.7 Å². The van der Waals surface area contributed by atoms with Crippen LogP contribution in [-0.4, -0.2) is 25.5 Å². The second-order valence-electron chi connectivity index (χ2n) is 5.90. The van der Waals surface area contributed by atoms with Crippen LogP contribution in [0.25, 0.3) is 11.0 Å². The van der Waals surface area contributed by atoms with Gasteiger partial charge in [-0.25, -0.2) is 0 Å². The lowest BCUT2D eigenvalue weighted by molar-refractivity contribution is -0.120. The van der Waals surface area contributed by atoms with Gasteiger partial charge in [0.1, 0.15) is 5.58 Å². The van der Waals surface area contributed by atoms with Crippen molar-refractivity contribution in [3.8, 4) is 0 Å². The van der Waals surface area contributed by atoms with Crippen molar-refractivity contribution in [1.29, 1.82) is 0 Å². The van der Waals surface area contributed by atoms with Crippen molar-refractivity contribution in [3.05, 3.63) is 35.1 Å². The van der Waals surface area contributed by atoms with Gasteiger partial charge in [-0.1, -0.05) is 0 Å². The zero-order chi connectivity index (χ0) is 14.8. The highest BCUT2D eigenvalue weighted by Crippen LogP contribution is 2.30. The Balaban J connectivity index is 1.74. The molecule has 4 heteroatoms. The first-order chi connectivity index (χ1) is 10.2. The molecule has 2 aromatic rings. The summed E-state index contributed by atoms with van der Waals surface area (Å²) in [6, 6.07) is 4.63. The van der Waals surface area contributed by atoms with Crippen molar-refractivity contribution in [1.82, 2.24) is 10.6 Å². The summed E-state index contributed by atoms with van der Waals surface area (Å²) in [6.45, 7) is 2.68. The smallest absolute Gasteiger partial charge is 0.224 e. The van der Waals surface area contributed by atoms with Gasteiger partial charge >= 0.3 is 0 Å². The monoisotopic (exact) mass is 286 g/mol. The average molecular weight is 286 g/mol. The van der Waals surface area contributed by atoms with Crippen LogP contribution in [0.5, 0.6) is 0 Å². The maximum atomic E-state index is 12.0. The zero-order valence-electron chi connectivity index (χ0n) is 12.7. The topological polar surface area (TPSA) is 54.3 Å². The van der Waals surface area contributed by atoms with E-state index in [4.69, 9.17) is 4.42 Å². The van der Waals surface area contributed by atoms with Crippen molar-refractivity contribution in [2.75, 3.05) is 13.6 Å². The van der Waals surface area contributed by atoms with Crippen LogP contribution in [0, 0.1) is 0 Å². The number of amides is 1. The fraction of sp³-hybridized carbons (Fsp3) is 0.471. The number of hydrogen-bond acceptors (Lipinski definition) is 3. The molecular formula is C17H22N2O2. The van der Waals surface area contributed by atoms with Crippen LogP contribution in [0.3, 0.4) is 0 Å². The molecule has 1 unspecified atom stereocenters. The molecule has 0 saturated heterocycles. The molecule has 1 aromatic heterocycles. The highest BCUT2D eigenvalue weighted by Gasteiger charge is 2.16. The average Bonchev–Trinajstić information content (AvgIpc) is 3.09. The summed E-state index contributed by atoms with van der Waals surface area (Å²) in [4.78, 5) is 12.0. The summed E-state index contributed by atoms with van der Waals surface area (Å²) in [6.07, 6.45) is 5.61. The summed E-state index contributed by atoms with van der Waals surface area (Å²) >= 11 is 0. The van der Waals surface area contributed by atoms with E-state index in [1.54, 1.807) is 6.26 Å². The molecule has 2 N–H and O–H groups in total. The Labute approximate surface area is 124 Å². The van der Waals surface area contributed by atoms with Gasteiger partial charge in [-0.3, -0.25) is 4.79 Å². The molecule has 4 nitrogen and oxygen atoms in total. The predicted octanol–water partition coefficient (Wildman–Crippen LogP) is 2.19. The number of benzene rings is 1. The lowest BCUT2D eigenvalue weighted by Crippen LogP contribution is -2.37. The highest BCUT2D eigenvalue weighted by molar-refractivity contribution is 5.88. The fourth-order valence-electron chi connectivity index (χ4n) is 2.89. The zero-order valence-corrected chi connectivity index (χ0v) is 12.7. The molecule has 0 radical (unpaired) electrons. The van der Waals surface area contributed by atoms with Crippen molar-refractivity contribution >= 4 is 16.9 Å². The Hall–Kier alpha value is -1.81. The van der Waals surface area contributed by atoms with Crippen molar-refractivity contribution in [3.63, 3.8) is 0 Å². The van der Waals surface area contributed by atoms with Crippen LogP contribution in [0.1, 0.15) is 30.0 Å². The van der Waals surface area contributed by atoms with E-state index in [1.165, 1.54) is 17.5 Å². The molecule has 0 aliphatic heterocycles. The molecule has 1 aromatic carbocycles. The lowest BCUT2D eigenvalue weighted by atomic mass is 10.0. The normalized spacial score (nSPS) is 15.1. The number of carbonyl (C=O) groups is 1. The van der Waals surface area contributed by atoms with E-state index in [2.05, 4.69) is 22.8 Å². The van der Waals surface area contributed by atoms with Gasteiger partial charge < -0.3 is 15.1 Å². The standard InChI is InChI=1S/C17H22N2O2/c1-11(18-2)9-19-17(20)8-14-10-21-16-7-13-5-3-4-12(13)6-15(14)16/h6-7,10-11,18H,3-5,8-9H2,1-2H3,(H,19,20). The van der Waals surface area contributed by atoms with Gasteiger partial charge in [-0.2, -0.15) is 0 Å². The van der Waals surface area contributed by atoms with Crippen LogP contribution in [-0.2, 0) is 24.1 Å². The summed E-state index contributed by atoms with van der Waals surface area (Å²) < 4.78 is 5.63. The Bertz CT molecular complexity index is 660. The molecule has 21 heavy (non-hydrogen) atoms. The molecule has 1 heterocycles. The number of nitrogens with one attached hydrogen (secondary N) is 2. The number of fused-ring (bicyclic) bond motifs is 2. The predicted molar refractivity (Wildman–Crippen MR) is 83.5 cm³/mol. The van der Waals surface area contributed by atoms with Crippen LogP contribution in [0.15, 0.2) is 22.8 Å². The van der Waals surface area contributed by atoms with Crippen molar-refractivity contribution in [2.24, 2.45) is 0 Å². The molecule has 0 saturated carbocycles. The largest absolute Gasteiger partial charge is 0.464 e. The quantitative estimate of drug-likeness (QED) is 0.886. The second kappa shape index (κ2) is 5.90. The van der Waals surface area contributed by atoms with Crippen LogP contribution >= 0.6 is 0 Å². The highest BCUT2D eigenvalue weighted by atomic mass is 16.3. The molecule has 1 aliphatic rings. The number of aryl methyl sites for hydroxylation is 2. The Morgan fingerprint density at radius 3 is 2.86 bits per heavy atom. The summed E-state index contributed by atoms with van der Waals surface area (Å²) in [5, 5.41) is 7.14. The Kier molecular flexibility index (Phi) is 3.97. The number of hydrogen-bond donors (Lipinski definition) is 2. The summed E-state index contributed by atoms with van der Waals surface area (Å²) in [5.41, 5.74) is 4.70. The van der Waals surface area contributed by atoms with Gasteiger partial charge in [0.15, 0.2) is 0 Å². The molecule has 0 bridgehead atoms. The first-order valence-corrected chi connectivity index (χ1v) is 7.63. The van der Waals surface area contributed by atoms with E-state index in [0.717, 1.165) is 29.4 Å². The first kappa shape index (κ1) is 14.1. The molecule has 1 aliphatic carbocycles. The summed E-state index contributed by atoms with van der Waals surface area (Å²) in [5.74, 6) is 0.0419. The van der Waals surface area contributed by atoms with Gasteiger partial charge in [-0.15, -0.1) is 0 Å². The minimum absolute atomic E-state index is 0.0419. The molecule has 0 spiro atoms. The molecule has 1 atom stereocenters. The van der Waals surface area contributed by atoms with Crippen LogP contribution in [0.2, 0.25) is 0 Å². The van der Waals surface area contributed by atoms with Gasteiger partial charge in [0.25, 0.3) is 0 Å². The third-order valence-corrected chi connectivity index (χ3v) is 4.32. The number of likely N-dealkylation sites (N-methyl/N-ethyl adjacent to an activating group) is 1. The third-order valence-electron chi connectivity index (χ3n) is 4.32. The fourth-order valence-corrected chi connectivity index (χ4v) is 2.89. The number of rotatable bonds is 5. The summed E-state index contributed by atoms with van der Waals surface area (Å²) in [7, 11) is 1.89. The van der Waals surface area contributed by atoms with E-state index in [-0.39, 0.29) is 11.9 Å². The lowest BCUT2D eigenvalue weighted by Gasteiger charge is -2.11. The van der Waals surface area contributed by atoms with E-state index in [1.807, 2.05) is 14.0 Å². The van der Waals surface area contributed by atoms with Gasteiger partial charge in [-0.05, 0) is 56.5 Å². The number of furan rings is 1. The van der Waals surface area contributed by atoms with E-state index in [0.29, 0.717) is 13.0 Å².